The van der Waals surface area contributed by atoms with Crippen LogP contribution in [0.4, 0.5) is 0 Å². The van der Waals surface area contributed by atoms with Crippen molar-refractivity contribution in [1.82, 2.24) is 9.80 Å². The fourth-order valence-corrected chi connectivity index (χ4v) is 3.37. The molecule has 0 aromatic heterocycles. The molecule has 23 heavy (non-hydrogen) atoms. The van der Waals surface area contributed by atoms with E-state index in [4.69, 9.17) is 0 Å². The summed E-state index contributed by atoms with van der Waals surface area (Å²) >= 11 is 0. The minimum absolute atomic E-state index is 0.0320. The van der Waals surface area contributed by atoms with Crippen LogP contribution in [-0.4, -0.2) is 41.9 Å². The molecular weight excluding hydrogens is 286 g/mol. The molecule has 0 bridgehead atoms. The van der Waals surface area contributed by atoms with Crippen molar-refractivity contribution in [3.05, 3.63) is 35.4 Å². The van der Waals surface area contributed by atoms with Gasteiger partial charge < -0.3 is 4.90 Å². The van der Waals surface area contributed by atoms with Crippen molar-refractivity contribution in [1.29, 1.82) is 5.26 Å². The standard InChI is InChI=1S/C19H27N3O/c1-16-9-5-6-10-17(16)13-21(2)14-18(23)22(3)19(15-20)11-7-4-8-12-19/h5-6,9-10H,4,7-8,11-14H2,1-3H3. The van der Waals surface area contributed by atoms with Gasteiger partial charge in [0, 0.05) is 13.6 Å². The maximum atomic E-state index is 12.6. The molecule has 1 aliphatic rings. The summed E-state index contributed by atoms with van der Waals surface area (Å²) in [6.45, 7) is 3.17. The number of rotatable bonds is 5. The first-order valence-corrected chi connectivity index (χ1v) is 8.39. The molecule has 0 spiro atoms. The number of carbonyl (C=O) groups is 1. The van der Waals surface area contributed by atoms with Gasteiger partial charge in [-0.2, -0.15) is 5.26 Å². The molecule has 0 radical (unpaired) electrons. The number of amides is 1. The van der Waals surface area contributed by atoms with Crippen LogP contribution in [0, 0.1) is 18.3 Å². The molecule has 1 amide bonds. The van der Waals surface area contributed by atoms with Gasteiger partial charge in [0.1, 0.15) is 5.54 Å². The van der Waals surface area contributed by atoms with Crippen molar-refractivity contribution in [3.8, 4) is 6.07 Å². The summed E-state index contributed by atoms with van der Waals surface area (Å²) in [6, 6.07) is 10.6. The Balaban J connectivity index is 1.97. The zero-order chi connectivity index (χ0) is 16.9. The van der Waals surface area contributed by atoms with Crippen molar-refractivity contribution in [2.24, 2.45) is 0 Å². The number of nitrogens with zero attached hydrogens (tertiary/aromatic N) is 3. The normalized spacial score (nSPS) is 16.8. The fourth-order valence-electron chi connectivity index (χ4n) is 3.37. The zero-order valence-electron chi connectivity index (χ0n) is 14.5. The van der Waals surface area contributed by atoms with Crippen LogP contribution >= 0.6 is 0 Å². The SMILES string of the molecule is Cc1ccccc1CN(C)CC(=O)N(C)C1(C#N)CCCCC1. The Kier molecular flexibility index (Phi) is 5.79. The van der Waals surface area contributed by atoms with Gasteiger partial charge in [0.15, 0.2) is 0 Å². The smallest absolute Gasteiger partial charge is 0.237 e. The van der Waals surface area contributed by atoms with Gasteiger partial charge in [0.25, 0.3) is 0 Å². The van der Waals surface area contributed by atoms with E-state index in [1.165, 1.54) is 17.5 Å². The van der Waals surface area contributed by atoms with E-state index in [0.717, 1.165) is 32.2 Å². The number of likely N-dealkylation sites (N-methyl/N-ethyl adjacent to an activating group) is 2. The highest BCUT2D eigenvalue weighted by Gasteiger charge is 2.38. The van der Waals surface area contributed by atoms with E-state index in [1.807, 2.05) is 24.1 Å². The van der Waals surface area contributed by atoms with Crippen molar-refractivity contribution in [2.45, 2.75) is 51.1 Å². The van der Waals surface area contributed by atoms with Gasteiger partial charge in [-0.15, -0.1) is 0 Å². The van der Waals surface area contributed by atoms with Gasteiger partial charge in [-0.3, -0.25) is 9.69 Å². The number of carbonyl (C=O) groups excluding carboxylic acids is 1. The van der Waals surface area contributed by atoms with E-state index in [2.05, 4.69) is 25.1 Å². The first-order chi connectivity index (χ1) is 11.0. The van der Waals surface area contributed by atoms with Crippen LogP contribution in [0.25, 0.3) is 0 Å². The Morgan fingerprint density at radius 3 is 2.48 bits per heavy atom. The zero-order valence-corrected chi connectivity index (χ0v) is 14.5. The van der Waals surface area contributed by atoms with Crippen molar-refractivity contribution in [2.75, 3.05) is 20.6 Å². The molecule has 124 valence electrons. The topological polar surface area (TPSA) is 47.3 Å². The predicted molar refractivity (Wildman–Crippen MR) is 91.7 cm³/mol. The Bertz CT molecular complexity index is 585. The lowest BCUT2D eigenvalue weighted by Crippen LogP contribution is -2.52. The molecule has 0 aliphatic heterocycles. The molecule has 1 aliphatic carbocycles. The average Bonchev–Trinajstić information content (AvgIpc) is 2.56. The first kappa shape index (κ1) is 17.5. The molecule has 1 aromatic rings. The maximum Gasteiger partial charge on any atom is 0.237 e. The largest absolute Gasteiger partial charge is 0.326 e. The third-order valence-corrected chi connectivity index (χ3v) is 5.01. The Morgan fingerprint density at radius 2 is 1.87 bits per heavy atom. The number of benzene rings is 1. The summed E-state index contributed by atoms with van der Waals surface area (Å²) in [6.07, 6.45) is 4.83. The van der Waals surface area contributed by atoms with E-state index in [0.29, 0.717) is 6.54 Å². The van der Waals surface area contributed by atoms with E-state index in [-0.39, 0.29) is 5.91 Å². The highest BCUT2D eigenvalue weighted by molar-refractivity contribution is 5.79. The van der Waals surface area contributed by atoms with Gasteiger partial charge in [0.2, 0.25) is 5.91 Å². The van der Waals surface area contributed by atoms with Gasteiger partial charge in [-0.25, -0.2) is 0 Å². The second kappa shape index (κ2) is 7.61. The van der Waals surface area contributed by atoms with Gasteiger partial charge in [0.05, 0.1) is 12.6 Å². The summed E-state index contributed by atoms with van der Waals surface area (Å²) in [7, 11) is 3.75. The molecular formula is C19H27N3O. The lowest BCUT2D eigenvalue weighted by atomic mass is 9.81. The lowest BCUT2D eigenvalue weighted by Gasteiger charge is -2.39. The second-order valence-corrected chi connectivity index (χ2v) is 6.76. The van der Waals surface area contributed by atoms with Gasteiger partial charge >= 0.3 is 0 Å². The van der Waals surface area contributed by atoms with E-state index >= 15 is 0 Å². The Morgan fingerprint density at radius 1 is 1.22 bits per heavy atom. The van der Waals surface area contributed by atoms with E-state index in [9.17, 15) is 10.1 Å². The second-order valence-electron chi connectivity index (χ2n) is 6.76. The highest BCUT2D eigenvalue weighted by atomic mass is 16.2. The summed E-state index contributed by atoms with van der Waals surface area (Å²) in [5.41, 5.74) is 1.87. The quantitative estimate of drug-likeness (QED) is 0.839. The van der Waals surface area contributed by atoms with Crippen LogP contribution in [0.3, 0.4) is 0 Å². The van der Waals surface area contributed by atoms with Crippen molar-refractivity contribution >= 4 is 5.91 Å². The third kappa shape index (κ3) is 4.11. The summed E-state index contributed by atoms with van der Waals surface area (Å²) < 4.78 is 0. The van der Waals surface area contributed by atoms with E-state index < -0.39 is 5.54 Å². The number of hydrogen-bond donors (Lipinski definition) is 0. The Labute approximate surface area is 139 Å². The fraction of sp³-hybridized carbons (Fsp3) is 0.579. The molecule has 1 saturated carbocycles. The van der Waals surface area contributed by atoms with E-state index in [1.54, 1.807) is 11.9 Å². The van der Waals surface area contributed by atoms with Crippen molar-refractivity contribution < 1.29 is 4.79 Å². The molecule has 0 N–H and O–H groups in total. The summed E-state index contributed by atoms with van der Waals surface area (Å²) in [5, 5.41) is 9.61. The molecule has 4 heteroatoms. The number of hydrogen-bond acceptors (Lipinski definition) is 3. The molecule has 0 heterocycles. The minimum Gasteiger partial charge on any atom is -0.326 e. The van der Waals surface area contributed by atoms with Crippen LogP contribution in [0.5, 0.6) is 0 Å². The molecule has 0 unspecified atom stereocenters. The molecule has 0 saturated heterocycles. The van der Waals surface area contributed by atoms with Gasteiger partial charge in [-0.1, -0.05) is 43.5 Å². The van der Waals surface area contributed by atoms with Crippen LogP contribution in [0.1, 0.15) is 43.2 Å². The monoisotopic (exact) mass is 313 g/mol. The highest BCUT2D eigenvalue weighted by Crippen LogP contribution is 2.32. The summed E-state index contributed by atoms with van der Waals surface area (Å²) in [4.78, 5) is 16.3. The maximum absolute atomic E-state index is 12.6. The Hall–Kier alpha value is -1.86. The van der Waals surface area contributed by atoms with Gasteiger partial charge in [-0.05, 0) is 37.9 Å². The number of nitriles is 1. The first-order valence-electron chi connectivity index (χ1n) is 8.39. The van der Waals surface area contributed by atoms with Crippen LogP contribution < -0.4 is 0 Å². The third-order valence-electron chi connectivity index (χ3n) is 5.01. The number of aryl methyl sites for hydroxylation is 1. The minimum atomic E-state index is -0.598. The molecule has 4 nitrogen and oxygen atoms in total. The molecule has 2 rings (SSSR count). The van der Waals surface area contributed by atoms with Crippen LogP contribution in [0.15, 0.2) is 24.3 Å². The molecule has 0 atom stereocenters. The molecule has 1 fully saturated rings. The average molecular weight is 313 g/mol. The summed E-state index contributed by atoms with van der Waals surface area (Å²) in [5.74, 6) is 0.0320. The predicted octanol–water partition coefficient (Wildman–Crippen LogP) is 3.11. The molecule has 1 aromatic carbocycles. The van der Waals surface area contributed by atoms with Crippen LogP contribution in [0.2, 0.25) is 0 Å². The lowest BCUT2D eigenvalue weighted by molar-refractivity contribution is -0.135. The van der Waals surface area contributed by atoms with Crippen LogP contribution in [-0.2, 0) is 11.3 Å². The van der Waals surface area contributed by atoms with Crippen molar-refractivity contribution in [3.63, 3.8) is 0 Å².